The number of hydrogen-bond donors (Lipinski definition) is 1. The van der Waals surface area contributed by atoms with Crippen molar-refractivity contribution in [1.29, 1.82) is 0 Å². The van der Waals surface area contributed by atoms with Gasteiger partial charge >= 0.3 is 0 Å². The molecule has 382 valence electrons. The highest BCUT2D eigenvalue weighted by Gasteiger charge is 2.33. The first kappa shape index (κ1) is 51.8. The van der Waals surface area contributed by atoms with Gasteiger partial charge < -0.3 is 15.2 Å². The van der Waals surface area contributed by atoms with E-state index in [0.717, 1.165) is 43.4 Å². The van der Waals surface area contributed by atoms with Gasteiger partial charge in [0, 0.05) is 58.3 Å². The summed E-state index contributed by atoms with van der Waals surface area (Å²) in [5.74, 6) is 0. The van der Waals surface area contributed by atoms with Gasteiger partial charge in [-0.1, -0.05) is 205 Å². The fourth-order valence-electron chi connectivity index (χ4n) is 12.2. The Bertz CT molecular complexity index is 3690. The van der Waals surface area contributed by atoms with Crippen molar-refractivity contribution in [3.8, 4) is 16.8 Å². The molecule has 6 aromatic carbocycles. The lowest BCUT2D eigenvalue weighted by Crippen LogP contribution is -2.30. The molecule has 5 aliphatic carbocycles. The Balaban J connectivity index is 0.000000205. The Hall–Kier alpha value is -7.64. The van der Waals surface area contributed by atoms with Crippen molar-refractivity contribution in [3.63, 3.8) is 0 Å². The van der Waals surface area contributed by atoms with Gasteiger partial charge in [-0.2, -0.15) is 0 Å². The van der Waals surface area contributed by atoms with Gasteiger partial charge in [0.25, 0.3) is 0 Å². The minimum atomic E-state index is -0.0926. The first-order valence-electron chi connectivity index (χ1n) is 27.7. The molecule has 5 aliphatic rings. The van der Waals surface area contributed by atoms with Crippen molar-refractivity contribution in [1.82, 2.24) is 4.57 Å². The zero-order chi connectivity index (χ0) is 53.5. The summed E-state index contributed by atoms with van der Waals surface area (Å²) < 4.78 is 2.45. The lowest BCUT2D eigenvalue weighted by atomic mass is 9.82. The van der Waals surface area contributed by atoms with E-state index < -0.39 is 0 Å². The number of para-hydroxylation sites is 1. The van der Waals surface area contributed by atoms with Crippen molar-refractivity contribution in [2.75, 3.05) is 4.90 Å². The van der Waals surface area contributed by atoms with E-state index in [1.807, 2.05) is 19.9 Å². The maximum atomic E-state index is 6.85. The van der Waals surface area contributed by atoms with Crippen LogP contribution < -0.4 is 10.6 Å². The molecule has 76 heavy (non-hydrogen) atoms. The molecule has 0 aliphatic heterocycles. The van der Waals surface area contributed by atoms with Crippen LogP contribution in [0.5, 0.6) is 0 Å². The molecule has 12 rings (SSSR count). The van der Waals surface area contributed by atoms with Crippen molar-refractivity contribution < 1.29 is 0 Å². The molecule has 1 unspecified atom stereocenters. The van der Waals surface area contributed by atoms with Crippen LogP contribution in [0.15, 0.2) is 204 Å². The Kier molecular flexibility index (Phi) is 14.4. The molecule has 0 fully saturated rings. The van der Waals surface area contributed by atoms with Gasteiger partial charge in [0.05, 0.1) is 5.52 Å². The number of hydrogen-bond acceptors (Lipinski definition) is 2. The molecular formula is C73H75N3. The molecule has 3 nitrogen and oxygen atoms in total. The summed E-state index contributed by atoms with van der Waals surface area (Å²) in [7, 11) is 0. The smallest absolute Gasteiger partial charge is 0.0558 e. The van der Waals surface area contributed by atoms with E-state index in [4.69, 9.17) is 5.73 Å². The molecule has 3 heteroatoms. The van der Waals surface area contributed by atoms with E-state index >= 15 is 0 Å². The molecule has 2 N–H and O–H groups in total. The molecule has 7 aromatic rings. The second-order valence-corrected chi connectivity index (χ2v) is 22.9. The largest absolute Gasteiger partial charge is 0.324 e. The van der Waals surface area contributed by atoms with Crippen LogP contribution >= 0.6 is 0 Å². The number of allylic oxidation sites excluding steroid dienone is 11. The van der Waals surface area contributed by atoms with Gasteiger partial charge in [-0.15, -0.1) is 0 Å². The normalized spacial score (nSPS) is 17.1. The molecular weight excluding hydrogens is 919 g/mol. The maximum Gasteiger partial charge on any atom is 0.0558 e. The summed E-state index contributed by atoms with van der Waals surface area (Å²) >= 11 is 0. The minimum absolute atomic E-state index is 0.0748. The highest BCUT2D eigenvalue weighted by atomic mass is 15.2. The van der Waals surface area contributed by atoms with Crippen molar-refractivity contribution in [2.24, 2.45) is 5.73 Å². The quantitative estimate of drug-likeness (QED) is 0.168. The number of nitrogens with two attached hydrogens (primary N) is 1. The molecule has 1 heterocycles. The SMILES string of the molecule is CC.CC1=CC=C(N(c2ccc3c4c(n(-c5ccccc5)c3c2)CC(N)C2=C4C=C=C=C2)c2cccc3c2Cc2c-3cccc2C(C)(C)C)CC1.C\C=C1/Cc2c(cccc2C(C)(C)C)/C1=C/C=C\c1ccc(C)cc1. The summed E-state index contributed by atoms with van der Waals surface area (Å²) in [6.45, 7) is 24.4. The second kappa shape index (κ2) is 21.2. The van der Waals surface area contributed by atoms with Crippen LogP contribution in [0.25, 0.3) is 44.9 Å². The summed E-state index contributed by atoms with van der Waals surface area (Å²) in [6.07, 6.45) is 22.4. The first-order chi connectivity index (χ1) is 36.7. The van der Waals surface area contributed by atoms with Gasteiger partial charge in [-0.3, -0.25) is 0 Å². The van der Waals surface area contributed by atoms with E-state index in [-0.39, 0.29) is 16.9 Å². The summed E-state index contributed by atoms with van der Waals surface area (Å²) in [4.78, 5) is 2.55. The Morgan fingerprint density at radius 3 is 2.00 bits per heavy atom. The molecule has 0 bridgehead atoms. The number of aromatic nitrogens is 1. The molecule has 1 atom stereocenters. The topological polar surface area (TPSA) is 34.2 Å². The Labute approximate surface area is 453 Å². The lowest BCUT2D eigenvalue weighted by Gasteiger charge is -2.31. The van der Waals surface area contributed by atoms with Crippen LogP contribution in [0.4, 0.5) is 11.4 Å². The fraction of sp³-hybridized carbons (Fsp3) is 0.260. The van der Waals surface area contributed by atoms with Crippen LogP contribution in [0.3, 0.4) is 0 Å². The summed E-state index contributed by atoms with van der Waals surface area (Å²) in [5, 5.41) is 1.24. The minimum Gasteiger partial charge on any atom is -0.324 e. The first-order valence-corrected chi connectivity index (χ1v) is 27.7. The lowest BCUT2D eigenvalue weighted by molar-refractivity contribution is 0.584. The average molecular weight is 994 g/mol. The maximum absolute atomic E-state index is 6.85. The van der Waals surface area contributed by atoms with E-state index in [2.05, 4.69) is 253 Å². The third-order valence-corrected chi connectivity index (χ3v) is 15.9. The van der Waals surface area contributed by atoms with Crippen LogP contribution in [0, 0.1) is 6.92 Å². The number of rotatable bonds is 6. The van der Waals surface area contributed by atoms with Gasteiger partial charge in [-0.25, -0.2) is 0 Å². The zero-order valence-electron chi connectivity index (χ0n) is 46.8. The standard InChI is InChI=1S/C46H41N3.C25H28.C2H6/c1-29-20-22-31(23-21-29)48(42-19-11-17-34-33-16-10-18-40(46(2,3)4)38(33)27-39(34)42)32-24-25-37-43(26-32)49(30-12-6-5-7-13-30)44-28-41(47)35-14-8-9-15-36(35)45(37)44;1-6-20-17-23-22(11-8-12-24(23)25(3,4)5)21(20)10-7-9-19-15-13-18(2)14-16-19;1-2/h5-7,10-20,22,24-26,41H,21,23,27-28,47H2,1-4H3;6-16H,17H2,1-5H3;1-2H3/b;9-7-,20-6+,21-10+;. The molecule has 0 saturated heterocycles. The predicted molar refractivity (Wildman–Crippen MR) is 327 cm³/mol. The highest BCUT2D eigenvalue weighted by molar-refractivity contribution is 6.03. The highest BCUT2D eigenvalue weighted by Crippen LogP contribution is 2.50. The number of aryl methyl sites for hydroxylation is 1. The third-order valence-electron chi connectivity index (χ3n) is 15.9. The molecule has 0 saturated carbocycles. The number of benzene rings is 6. The van der Waals surface area contributed by atoms with E-state index in [1.165, 1.54) is 117 Å². The molecule has 0 radical (unpaired) electrons. The van der Waals surface area contributed by atoms with E-state index in [1.54, 1.807) is 0 Å². The Morgan fingerprint density at radius 1 is 0.671 bits per heavy atom. The molecule has 1 aromatic heterocycles. The van der Waals surface area contributed by atoms with Gasteiger partial charge in [0.1, 0.15) is 0 Å². The third kappa shape index (κ3) is 9.77. The molecule has 0 amide bonds. The monoisotopic (exact) mass is 994 g/mol. The molecule has 0 spiro atoms. The van der Waals surface area contributed by atoms with E-state index in [9.17, 15) is 0 Å². The average Bonchev–Trinajstić information content (AvgIpc) is 4.18. The van der Waals surface area contributed by atoms with E-state index in [0.29, 0.717) is 0 Å². The summed E-state index contributed by atoms with van der Waals surface area (Å²) in [6, 6.07) is 47.0. The summed E-state index contributed by atoms with van der Waals surface area (Å²) in [5.41, 5.74) is 42.6. The number of nitrogens with zero attached hydrogens (tertiary/aromatic N) is 2. The van der Waals surface area contributed by atoms with Gasteiger partial charge in [0.2, 0.25) is 0 Å². The second-order valence-electron chi connectivity index (χ2n) is 22.9. The van der Waals surface area contributed by atoms with Crippen molar-refractivity contribution >= 4 is 39.5 Å². The van der Waals surface area contributed by atoms with Crippen LogP contribution in [-0.2, 0) is 30.1 Å². The van der Waals surface area contributed by atoms with Crippen LogP contribution in [0.2, 0.25) is 0 Å². The van der Waals surface area contributed by atoms with Gasteiger partial charge in [0.15, 0.2) is 0 Å². The zero-order valence-corrected chi connectivity index (χ0v) is 46.8. The predicted octanol–water partition coefficient (Wildman–Crippen LogP) is 18.7. The van der Waals surface area contributed by atoms with Crippen LogP contribution in [0.1, 0.15) is 138 Å². The Morgan fingerprint density at radius 2 is 1.33 bits per heavy atom. The van der Waals surface area contributed by atoms with Crippen molar-refractivity contribution in [2.45, 2.75) is 125 Å². The van der Waals surface area contributed by atoms with Crippen molar-refractivity contribution in [3.05, 3.63) is 260 Å². The number of fused-ring (bicyclic) bond motifs is 8. The fourth-order valence-corrected chi connectivity index (χ4v) is 12.2. The number of anilines is 2. The van der Waals surface area contributed by atoms with Gasteiger partial charge in [-0.05, 0) is 172 Å². The van der Waals surface area contributed by atoms with Crippen LogP contribution in [-0.4, -0.2) is 10.6 Å².